The van der Waals surface area contributed by atoms with Crippen molar-refractivity contribution in [2.75, 3.05) is 0 Å². The number of hydrogen-bond donors (Lipinski definition) is 0. The third-order valence-electron chi connectivity index (χ3n) is 2.85. The fourth-order valence-corrected chi connectivity index (χ4v) is 2.21. The Hall–Kier alpha value is -1.35. The van der Waals surface area contributed by atoms with Gasteiger partial charge in [-0.05, 0) is 40.4 Å². The average molecular weight is 320 g/mol. The van der Waals surface area contributed by atoms with Crippen molar-refractivity contribution in [2.45, 2.75) is 33.1 Å². The molecule has 0 aliphatic carbocycles. The second kappa shape index (κ2) is 5.33. The van der Waals surface area contributed by atoms with Crippen LogP contribution in [0.2, 0.25) is 0 Å². The molecule has 0 saturated carbocycles. The molecule has 2 nitrogen and oxygen atoms in total. The van der Waals surface area contributed by atoms with Gasteiger partial charge < -0.3 is 4.74 Å². The molecule has 0 amide bonds. The number of halogens is 1. The van der Waals surface area contributed by atoms with Crippen LogP contribution in [-0.2, 0) is 5.41 Å². The summed E-state index contributed by atoms with van der Waals surface area (Å²) < 4.78 is 6.70. The highest BCUT2D eigenvalue weighted by atomic mass is 79.9. The Balaban J connectivity index is 2.40. The molecule has 0 fully saturated rings. The van der Waals surface area contributed by atoms with Crippen LogP contribution < -0.4 is 4.74 Å². The fraction of sp³-hybridized carbons (Fsp3) is 0.312. The maximum atomic E-state index is 5.93. The number of aromatic nitrogens is 1. The lowest BCUT2D eigenvalue weighted by molar-refractivity contribution is 0.439. The molecule has 0 bridgehead atoms. The van der Waals surface area contributed by atoms with Crippen LogP contribution in [0.3, 0.4) is 0 Å². The highest BCUT2D eigenvalue weighted by Crippen LogP contribution is 2.34. The van der Waals surface area contributed by atoms with Crippen LogP contribution in [0.5, 0.6) is 11.6 Å². The van der Waals surface area contributed by atoms with Crippen molar-refractivity contribution in [3.63, 3.8) is 0 Å². The average Bonchev–Trinajstić information content (AvgIpc) is 2.30. The minimum absolute atomic E-state index is 0.0351. The van der Waals surface area contributed by atoms with Gasteiger partial charge in [0.15, 0.2) is 0 Å². The minimum atomic E-state index is 0.0351. The molecule has 3 heteroatoms. The largest absolute Gasteiger partial charge is 0.439 e. The third-order valence-corrected chi connectivity index (χ3v) is 3.29. The minimum Gasteiger partial charge on any atom is -0.439 e. The number of rotatable bonds is 2. The Bertz CT molecular complexity index is 588. The molecule has 0 saturated heterocycles. The van der Waals surface area contributed by atoms with E-state index in [-0.39, 0.29) is 5.41 Å². The van der Waals surface area contributed by atoms with E-state index in [2.05, 4.69) is 60.7 Å². The SMILES string of the molecule is Cc1ccc(Oc2cccc(Br)n2)c(C(C)(C)C)c1. The Morgan fingerprint density at radius 1 is 1.11 bits per heavy atom. The molecule has 0 radical (unpaired) electrons. The summed E-state index contributed by atoms with van der Waals surface area (Å²) in [6.45, 7) is 8.64. The molecule has 2 rings (SSSR count). The van der Waals surface area contributed by atoms with Gasteiger partial charge in [-0.15, -0.1) is 0 Å². The van der Waals surface area contributed by atoms with Gasteiger partial charge in [0, 0.05) is 11.6 Å². The summed E-state index contributed by atoms with van der Waals surface area (Å²) in [6.07, 6.45) is 0. The van der Waals surface area contributed by atoms with Crippen molar-refractivity contribution >= 4 is 15.9 Å². The van der Waals surface area contributed by atoms with Gasteiger partial charge in [-0.3, -0.25) is 0 Å². The maximum Gasteiger partial charge on any atom is 0.220 e. The van der Waals surface area contributed by atoms with E-state index < -0.39 is 0 Å². The summed E-state index contributed by atoms with van der Waals surface area (Å²) in [4.78, 5) is 4.31. The molecular formula is C16H18BrNO. The first kappa shape index (κ1) is 14.1. The summed E-state index contributed by atoms with van der Waals surface area (Å²) >= 11 is 3.35. The summed E-state index contributed by atoms with van der Waals surface area (Å²) in [6, 6.07) is 11.9. The highest BCUT2D eigenvalue weighted by Gasteiger charge is 2.19. The summed E-state index contributed by atoms with van der Waals surface area (Å²) in [7, 11) is 0. The molecule has 0 spiro atoms. The van der Waals surface area contributed by atoms with E-state index in [1.807, 2.05) is 24.3 Å². The maximum absolute atomic E-state index is 5.93. The smallest absolute Gasteiger partial charge is 0.220 e. The molecule has 19 heavy (non-hydrogen) atoms. The van der Waals surface area contributed by atoms with Crippen molar-refractivity contribution in [3.05, 3.63) is 52.1 Å². The predicted octanol–water partition coefficient (Wildman–Crippen LogP) is 5.24. The van der Waals surface area contributed by atoms with Crippen molar-refractivity contribution in [3.8, 4) is 11.6 Å². The zero-order chi connectivity index (χ0) is 14.0. The first-order valence-corrected chi connectivity index (χ1v) is 7.07. The zero-order valence-electron chi connectivity index (χ0n) is 11.7. The van der Waals surface area contributed by atoms with Crippen molar-refractivity contribution in [2.24, 2.45) is 0 Å². The monoisotopic (exact) mass is 319 g/mol. The Labute approximate surface area is 123 Å². The quantitative estimate of drug-likeness (QED) is 0.706. The molecule has 0 aliphatic heterocycles. The van der Waals surface area contributed by atoms with Crippen LogP contribution in [-0.4, -0.2) is 4.98 Å². The lowest BCUT2D eigenvalue weighted by Crippen LogP contribution is -2.13. The second-order valence-corrected chi connectivity index (χ2v) is 6.46. The molecule has 1 heterocycles. The van der Waals surface area contributed by atoms with Crippen LogP contribution in [0.15, 0.2) is 41.0 Å². The molecule has 100 valence electrons. The lowest BCUT2D eigenvalue weighted by Gasteiger charge is -2.23. The van der Waals surface area contributed by atoms with Crippen molar-refractivity contribution in [1.82, 2.24) is 4.98 Å². The number of benzene rings is 1. The molecule has 0 aliphatic rings. The number of nitrogens with zero attached hydrogens (tertiary/aromatic N) is 1. The predicted molar refractivity (Wildman–Crippen MR) is 81.9 cm³/mol. The molecule has 2 aromatic rings. The number of ether oxygens (including phenoxy) is 1. The number of hydrogen-bond acceptors (Lipinski definition) is 2. The van der Waals surface area contributed by atoms with Gasteiger partial charge in [0.25, 0.3) is 0 Å². The molecule has 1 aromatic carbocycles. The van der Waals surface area contributed by atoms with Crippen LogP contribution >= 0.6 is 15.9 Å². The number of aryl methyl sites for hydroxylation is 1. The Morgan fingerprint density at radius 2 is 1.84 bits per heavy atom. The van der Waals surface area contributed by atoms with Gasteiger partial charge in [-0.1, -0.05) is 44.5 Å². The Kier molecular flexibility index (Phi) is 3.95. The van der Waals surface area contributed by atoms with Crippen molar-refractivity contribution in [1.29, 1.82) is 0 Å². The second-order valence-electron chi connectivity index (χ2n) is 5.65. The van der Waals surface area contributed by atoms with E-state index in [0.29, 0.717) is 5.88 Å². The molecule has 0 N–H and O–H groups in total. The van der Waals surface area contributed by atoms with E-state index in [9.17, 15) is 0 Å². The van der Waals surface area contributed by atoms with Gasteiger partial charge in [-0.25, -0.2) is 4.98 Å². The van der Waals surface area contributed by atoms with E-state index >= 15 is 0 Å². The normalized spacial score (nSPS) is 11.4. The fourth-order valence-electron chi connectivity index (χ4n) is 1.88. The molecule has 1 aromatic heterocycles. The topological polar surface area (TPSA) is 22.1 Å². The van der Waals surface area contributed by atoms with Crippen LogP contribution in [0.25, 0.3) is 0 Å². The van der Waals surface area contributed by atoms with Gasteiger partial charge >= 0.3 is 0 Å². The lowest BCUT2D eigenvalue weighted by atomic mass is 9.85. The molecule has 0 unspecified atom stereocenters. The van der Waals surface area contributed by atoms with E-state index in [1.165, 1.54) is 11.1 Å². The standard InChI is InChI=1S/C16H18BrNO/c1-11-8-9-13(12(10-11)16(2,3)4)19-15-7-5-6-14(17)18-15/h5-10H,1-4H3. The van der Waals surface area contributed by atoms with E-state index in [1.54, 1.807) is 0 Å². The molecule has 0 atom stereocenters. The van der Waals surface area contributed by atoms with Gasteiger partial charge in [0.2, 0.25) is 5.88 Å². The zero-order valence-corrected chi connectivity index (χ0v) is 13.3. The summed E-state index contributed by atoms with van der Waals surface area (Å²) in [5.41, 5.74) is 2.46. The summed E-state index contributed by atoms with van der Waals surface area (Å²) in [5, 5.41) is 0. The van der Waals surface area contributed by atoms with E-state index in [4.69, 9.17) is 4.74 Å². The van der Waals surface area contributed by atoms with Crippen LogP contribution in [0.1, 0.15) is 31.9 Å². The molecular weight excluding hydrogens is 302 g/mol. The van der Waals surface area contributed by atoms with Gasteiger partial charge in [-0.2, -0.15) is 0 Å². The van der Waals surface area contributed by atoms with Crippen LogP contribution in [0.4, 0.5) is 0 Å². The highest BCUT2D eigenvalue weighted by molar-refractivity contribution is 9.10. The van der Waals surface area contributed by atoms with Crippen molar-refractivity contribution < 1.29 is 4.74 Å². The van der Waals surface area contributed by atoms with Gasteiger partial charge in [0.1, 0.15) is 10.4 Å². The Morgan fingerprint density at radius 3 is 2.47 bits per heavy atom. The summed E-state index contributed by atoms with van der Waals surface area (Å²) in [5.74, 6) is 1.47. The first-order chi connectivity index (χ1) is 8.86. The first-order valence-electron chi connectivity index (χ1n) is 6.28. The third kappa shape index (κ3) is 3.57. The van der Waals surface area contributed by atoms with E-state index in [0.717, 1.165) is 10.4 Å². The number of pyridine rings is 1. The van der Waals surface area contributed by atoms with Gasteiger partial charge in [0.05, 0.1) is 0 Å². The van der Waals surface area contributed by atoms with Crippen LogP contribution in [0, 0.1) is 6.92 Å².